The Labute approximate surface area is 113 Å². The number of rotatable bonds is 2. The number of benzene rings is 2. The zero-order valence-electron chi connectivity index (χ0n) is 10.7. The third kappa shape index (κ3) is 1.97. The van der Waals surface area contributed by atoms with Gasteiger partial charge in [-0.3, -0.25) is 9.89 Å². The number of phenols is 1. The topological polar surface area (TPSA) is 93.6 Å². The lowest BCUT2D eigenvalue weighted by atomic mass is 10.1. The van der Waals surface area contributed by atoms with Crippen LogP contribution in [-0.4, -0.2) is 15.3 Å². The molecule has 0 radical (unpaired) electrons. The van der Waals surface area contributed by atoms with E-state index in [-0.39, 0.29) is 17.0 Å². The largest absolute Gasteiger partial charge is 0.505 e. The van der Waals surface area contributed by atoms with Crippen molar-refractivity contribution >= 4 is 22.1 Å². The average Bonchev–Trinajstić information content (AvgIpc) is 2.78. The Balaban J connectivity index is 2.08. The fraction of sp³-hybridized carbons (Fsp3) is 0.0714. The molecular weight excluding hydrogens is 256 g/mol. The maximum atomic E-state index is 11.5. The molecule has 0 aliphatic rings. The van der Waals surface area contributed by atoms with Crippen LogP contribution in [0.1, 0.15) is 5.69 Å². The van der Waals surface area contributed by atoms with Gasteiger partial charge in [0.05, 0.1) is 5.69 Å². The minimum atomic E-state index is -0.341. The molecule has 0 aliphatic heterocycles. The molecule has 0 saturated heterocycles. The number of hydrogen-bond donors (Lipinski definition) is 3. The van der Waals surface area contributed by atoms with Crippen LogP contribution in [0.15, 0.2) is 51.4 Å². The summed E-state index contributed by atoms with van der Waals surface area (Å²) in [6.45, 7) is 1.71. The van der Waals surface area contributed by atoms with Gasteiger partial charge in [-0.2, -0.15) is 0 Å². The van der Waals surface area contributed by atoms with E-state index < -0.39 is 0 Å². The summed E-state index contributed by atoms with van der Waals surface area (Å²) in [5.41, 5.74) is 0.784. The summed E-state index contributed by atoms with van der Waals surface area (Å²) in [5, 5.41) is 24.7. The third-order valence-electron chi connectivity index (χ3n) is 3.07. The molecule has 3 N–H and O–H groups in total. The molecule has 20 heavy (non-hydrogen) atoms. The maximum absolute atomic E-state index is 11.5. The smallest absolute Gasteiger partial charge is 0.291 e. The molecule has 1 heterocycles. The van der Waals surface area contributed by atoms with Gasteiger partial charge in [-0.05, 0) is 18.4 Å². The number of hydrogen-bond acceptors (Lipinski definition) is 4. The van der Waals surface area contributed by atoms with Crippen molar-refractivity contribution in [1.82, 2.24) is 10.2 Å². The van der Waals surface area contributed by atoms with Crippen LogP contribution < -0.4 is 5.56 Å². The van der Waals surface area contributed by atoms with Crippen molar-refractivity contribution in [3.8, 4) is 5.75 Å². The highest BCUT2D eigenvalue weighted by atomic mass is 16.3. The number of phenolic OH excluding ortho intramolecular Hbond substituents is 1. The van der Waals surface area contributed by atoms with Crippen molar-refractivity contribution in [3.05, 3.63) is 52.4 Å². The number of H-pyrrole nitrogens is 2. The molecule has 1 aromatic heterocycles. The molecule has 0 aliphatic carbocycles. The van der Waals surface area contributed by atoms with E-state index in [1.165, 1.54) is 0 Å². The van der Waals surface area contributed by atoms with Crippen LogP contribution >= 0.6 is 0 Å². The van der Waals surface area contributed by atoms with E-state index >= 15 is 0 Å². The normalized spacial score (nSPS) is 11.4. The van der Waals surface area contributed by atoms with Gasteiger partial charge in [-0.25, -0.2) is 0 Å². The van der Waals surface area contributed by atoms with Gasteiger partial charge in [0.1, 0.15) is 5.69 Å². The molecule has 6 heteroatoms. The van der Waals surface area contributed by atoms with Gasteiger partial charge in [0.2, 0.25) is 0 Å². The molecular formula is C14H12N4O2. The standard InChI is InChI=1S/C14H12N4O2/c1-8-12(14(20)18-15-8)17-16-11-7-6-9-4-2-3-5-10(9)13(11)19/h2-7,19H,1H3,(H2,15,18,20). The minimum absolute atomic E-state index is 0.0523. The number of aromatic hydroxyl groups is 1. The summed E-state index contributed by atoms with van der Waals surface area (Å²) in [6.07, 6.45) is 0. The van der Waals surface area contributed by atoms with E-state index in [2.05, 4.69) is 20.4 Å². The first kappa shape index (κ1) is 12.2. The molecule has 0 fully saturated rings. The molecule has 0 saturated carbocycles. The Morgan fingerprint density at radius 1 is 1.05 bits per heavy atom. The van der Waals surface area contributed by atoms with Crippen LogP contribution in [0.25, 0.3) is 10.8 Å². The summed E-state index contributed by atoms with van der Waals surface area (Å²) in [4.78, 5) is 11.5. The summed E-state index contributed by atoms with van der Waals surface area (Å²) in [5.74, 6) is 0.0523. The number of fused-ring (bicyclic) bond motifs is 1. The highest BCUT2D eigenvalue weighted by molar-refractivity contribution is 5.92. The first-order valence-corrected chi connectivity index (χ1v) is 6.06. The summed E-state index contributed by atoms with van der Waals surface area (Å²) >= 11 is 0. The van der Waals surface area contributed by atoms with E-state index in [4.69, 9.17) is 0 Å². The van der Waals surface area contributed by atoms with Gasteiger partial charge in [0.15, 0.2) is 11.4 Å². The quantitative estimate of drug-likeness (QED) is 0.622. The van der Waals surface area contributed by atoms with Crippen molar-refractivity contribution in [2.45, 2.75) is 6.92 Å². The second-order valence-electron chi connectivity index (χ2n) is 4.41. The van der Waals surface area contributed by atoms with Crippen molar-refractivity contribution in [2.24, 2.45) is 10.2 Å². The SMILES string of the molecule is Cc1[nH][nH]c(=O)c1N=Nc1ccc2ccccc2c1O. The Bertz CT molecular complexity index is 861. The van der Waals surface area contributed by atoms with Gasteiger partial charge < -0.3 is 10.2 Å². The van der Waals surface area contributed by atoms with E-state index in [1.54, 1.807) is 19.1 Å². The van der Waals surface area contributed by atoms with Crippen molar-refractivity contribution < 1.29 is 5.11 Å². The zero-order valence-corrected chi connectivity index (χ0v) is 10.7. The maximum Gasteiger partial charge on any atom is 0.291 e. The molecule has 100 valence electrons. The Kier molecular flexibility index (Phi) is 2.83. The lowest BCUT2D eigenvalue weighted by Crippen LogP contribution is -1.96. The number of azo groups is 1. The summed E-state index contributed by atoms with van der Waals surface area (Å²) in [7, 11) is 0. The van der Waals surface area contributed by atoms with E-state index in [0.717, 1.165) is 5.39 Å². The number of nitrogens with zero attached hydrogens (tertiary/aromatic N) is 2. The Hall–Kier alpha value is -2.89. The fourth-order valence-corrected chi connectivity index (χ4v) is 1.99. The predicted octanol–water partition coefficient (Wildman–Crippen LogP) is 3.29. The molecule has 0 atom stereocenters. The number of aryl methyl sites for hydroxylation is 1. The van der Waals surface area contributed by atoms with Crippen LogP contribution in [0.3, 0.4) is 0 Å². The molecule has 0 unspecified atom stereocenters. The second-order valence-corrected chi connectivity index (χ2v) is 4.41. The molecule has 3 rings (SSSR count). The number of aromatic amines is 2. The summed E-state index contributed by atoms with van der Waals surface area (Å²) in [6, 6.07) is 10.9. The highest BCUT2D eigenvalue weighted by Crippen LogP contribution is 2.35. The molecule has 3 aromatic rings. The van der Waals surface area contributed by atoms with Gasteiger partial charge in [-0.1, -0.05) is 30.3 Å². The number of nitrogens with one attached hydrogen (secondary N) is 2. The molecule has 0 amide bonds. The van der Waals surface area contributed by atoms with Crippen molar-refractivity contribution in [3.63, 3.8) is 0 Å². The first-order chi connectivity index (χ1) is 9.66. The lowest BCUT2D eigenvalue weighted by molar-refractivity contribution is 0.482. The fourth-order valence-electron chi connectivity index (χ4n) is 1.99. The van der Waals surface area contributed by atoms with Gasteiger partial charge >= 0.3 is 0 Å². The molecule has 0 spiro atoms. The van der Waals surface area contributed by atoms with E-state index in [0.29, 0.717) is 16.8 Å². The molecule has 0 bridgehead atoms. The van der Waals surface area contributed by atoms with Gasteiger partial charge in [-0.15, -0.1) is 10.2 Å². The lowest BCUT2D eigenvalue weighted by Gasteiger charge is -2.02. The van der Waals surface area contributed by atoms with E-state index in [9.17, 15) is 9.90 Å². The van der Waals surface area contributed by atoms with E-state index in [1.807, 2.05) is 24.3 Å². The van der Waals surface area contributed by atoms with Crippen LogP contribution in [0.5, 0.6) is 5.75 Å². The van der Waals surface area contributed by atoms with Crippen molar-refractivity contribution in [1.29, 1.82) is 0 Å². The van der Waals surface area contributed by atoms with Gasteiger partial charge in [0.25, 0.3) is 5.56 Å². The summed E-state index contributed by atoms with van der Waals surface area (Å²) < 4.78 is 0. The highest BCUT2D eigenvalue weighted by Gasteiger charge is 2.07. The Morgan fingerprint density at radius 2 is 1.85 bits per heavy atom. The first-order valence-electron chi connectivity index (χ1n) is 6.06. The number of aromatic nitrogens is 2. The minimum Gasteiger partial charge on any atom is -0.505 e. The molecule has 2 aromatic carbocycles. The van der Waals surface area contributed by atoms with Crippen LogP contribution in [-0.2, 0) is 0 Å². The zero-order chi connectivity index (χ0) is 14.1. The van der Waals surface area contributed by atoms with Crippen LogP contribution in [0.2, 0.25) is 0 Å². The molecule has 6 nitrogen and oxygen atoms in total. The second kappa shape index (κ2) is 4.65. The van der Waals surface area contributed by atoms with Crippen LogP contribution in [0, 0.1) is 6.92 Å². The van der Waals surface area contributed by atoms with Gasteiger partial charge in [0, 0.05) is 5.39 Å². The Morgan fingerprint density at radius 3 is 2.60 bits per heavy atom. The van der Waals surface area contributed by atoms with Crippen LogP contribution in [0.4, 0.5) is 11.4 Å². The average molecular weight is 268 g/mol. The predicted molar refractivity (Wildman–Crippen MR) is 75.9 cm³/mol. The monoisotopic (exact) mass is 268 g/mol. The third-order valence-corrected chi connectivity index (χ3v) is 3.07. The van der Waals surface area contributed by atoms with Crippen molar-refractivity contribution in [2.75, 3.05) is 0 Å².